The molecule has 4 heteroatoms. The molecule has 0 amide bonds. The van der Waals surface area contributed by atoms with Gasteiger partial charge in [0.1, 0.15) is 0 Å². The molecule has 0 radical (unpaired) electrons. The zero-order chi connectivity index (χ0) is 17.8. The van der Waals surface area contributed by atoms with Crippen molar-refractivity contribution in [2.75, 3.05) is 0 Å². The van der Waals surface area contributed by atoms with Gasteiger partial charge in [0.05, 0.1) is 0 Å². The van der Waals surface area contributed by atoms with Crippen LogP contribution in [0.4, 0.5) is 0 Å². The molecular weight excluding hydrogens is 367 g/mol. The SMILES string of the molecule is C[Si](C)(Cl)CCC1CCCCC(C2([Si](C)(C)Cl)CCCCCC2)C1. The average molecular weight is 408 g/mol. The van der Waals surface area contributed by atoms with Crippen LogP contribution >= 0.6 is 22.2 Å². The normalized spacial score (nSPS) is 29.8. The zero-order valence-electron chi connectivity index (χ0n) is 16.6. The first-order valence-electron chi connectivity index (χ1n) is 10.5. The molecule has 0 bridgehead atoms. The Labute approximate surface area is 162 Å². The van der Waals surface area contributed by atoms with E-state index >= 15 is 0 Å². The third kappa shape index (κ3) is 5.76. The molecule has 0 saturated heterocycles. The van der Waals surface area contributed by atoms with E-state index in [-0.39, 0.29) is 0 Å². The van der Waals surface area contributed by atoms with E-state index in [2.05, 4.69) is 26.2 Å². The van der Waals surface area contributed by atoms with Crippen LogP contribution in [0.2, 0.25) is 37.3 Å². The predicted molar refractivity (Wildman–Crippen MR) is 117 cm³/mol. The van der Waals surface area contributed by atoms with Crippen LogP contribution in [0.25, 0.3) is 0 Å². The van der Waals surface area contributed by atoms with Gasteiger partial charge >= 0.3 is 0 Å². The lowest BCUT2D eigenvalue weighted by atomic mass is 9.77. The fraction of sp³-hybridized carbons (Fsp3) is 1.00. The molecule has 0 aromatic heterocycles. The summed E-state index contributed by atoms with van der Waals surface area (Å²) in [4.78, 5) is 0. The average Bonchev–Trinajstić information content (AvgIpc) is 2.85. The van der Waals surface area contributed by atoms with Crippen molar-refractivity contribution in [2.45, 2.75) is 114 Å². The summed E-state index contributed by atoms with van der Waals surface area (Å²) in [5.41, 5.74) is 0. The minimum atomic E-state index is -1.68. The summed E-state index contributed by atoms with van der Waals surface area (Å²) in [5, 5.41) is 0.502. The van der Waals surface area contributed by atoms with Crippen molar-refractivity contribution in [1.82, 2.24) is 0 Å². The first-order chi connectivity index (χ1) is 11.1. The van der Waals surface area contributed by atoms with Gasteiger partial charge in [0.15, 0.2) is 14.8 Å². The fourth-order valence-electron chi connectivity index (χ4n) is 5.62. The minimum Gasteiger partial charge on any atom is -0.168 e. The van der Waals surface area contributed by atoms with Crippen molar-refractivity contribution in [2.24, 2.45) is 11.8 Å². The molecule has 2 aliphatic rings. The molecule has 0 spiro atoms. The van der Waals surface area contributed by atoms with Crippen molar-refractivity contribution in [3.05, 3.63) is 0 Å². The van der Waals surface area contributed by atoms with Gasteiger partial charge in [0.25, 0.3) is 0 Å². The summed E-state index contributed by atoms with van der Waals surface area (Å²) in [6.07, 6.45) is 17.1. The summed E-state index contributed by atoms with van der Waals surface area (Å²) in [5.74, 6) is 1.80. The van der Waals surface area contributed by atoms with Crippen molar-refractivity contribution in [3.8, 4) is 0 Å². The van der Waals surface area contributed by atoms with Crippen LogP contribution in [-0.2, 0) is 0 Å². The number of hydrogen-bond acceptors (Lipinski definition) is 0. The van der Waals surface area contributed by atoms with E-state index in [9.17, 15) is 0 Å². The fourth-order valence-corrected chi connectivity index (χ4v) is 10.8. The summed E-state index contributed by atoms with van der Waals surface area (Å²) in [7, 11) is -3.11. The monoisotopic (exact) mass is 406 g/mol. The van der Waals surface area contributed by atoms with Crippen LogP contribution in [0.15, 0.2) is 0 Å². The van der Waals surface area contributed by atoms with E-state index in [0.29, 0.717) is 5.04 Å². The zero-order valence-corrected chi connectivity index (χ0v) is 20.1. The van der Waals surface area contributed by atoms with Crippen LogP contribution in [0.3, 0.4) is 0 Å². The second-order valence-electron chi connectivity index (χ2n) is 9.88. The largest absolute Gasteiger partial charge is 0.168 e. The second kappa shape index (κ2) is 8.80. The Kier molecular flexibility index (Phi) is 7.82. The van der Waals surface area contributed by atoms with E-state index in [1.165, 1.54) is 83.1 Å². The Balaban J connectivity index is 2.15. The highest BCUT2D eigenvalue weighted by Gasteiger charge is 2.51. The molecule has 2 aliphatic carbocycles. The Morgan fingerprint density at radius 3 is 1.96 bits per heavy atom. The van der Waals surface area contributed by atoms with Crippen LogP contribution in [0.5, 0.6) is 0 Å². The lowest BCUT2D eigenvalue weighted by Crippen LogP contribution is -2.43. The van der Waals surface area contributed by atoms with Crippen LogP contribution in [-0.4, -0.2) is 14.8 Å². The Bertz CT molecular complexity index is 376. The smallest absolute Gasteiger partial charge is 0.156 e. The van der Waals surface area contributed by atoms with Crippen molar-refractivity contribution in [1.29, 1.82) is 0 Å². The molecule has 0 N–H and O–H groups in total. The molecule has 0 aromatic rings. The topological polar surface area (TPSA) is 0 Å². The summed E-state index contributed by atoms with van der Waals surface area (Å²) in [6.45, 7) is 9.53. The van der Waals surface area contributed by atoms with Gasteiger partial charge in [-0.25, -0.2) is 0 Å². The first kappa shape index (κ1) is 21.3. The van der Waals surface area contributed by atoms with E-state index in [0.717, 1.165) is 11.8 Å². The second-order valence-corrected chi connectivity index (χ2v) is 23.7. The molecule has 2 saturated carbocycles. The van der Waals surface area contributed by atoms with Crippen LogP contribution in [0.1, 0.15) is 77.0 Å². The maximum Gasteiger partial charge on any atom is 0.156 e. The highest BCUT2D eigenvalue weighted by molar-refractivity contribution is 7.20. The molecule has 0 heterocycles. The Hall–Kier alpha value is 1.01. The van der Waals surface area contributed by atoms with Gasteiger partial charge in [0, 0.05) is 0 Å². The minimum absolute atomic E-state index is 0.502. The van der Waals surface area contributed by atoms with Crippen LogP contribution < -0.4 is 0 Å². The molecule has 0 aliphatic heterocycles. The number of halogens is 2. The standard InChI is InChI=1S/C20H40Cl2Si2/c1-23(2,21)16-13-18-11-7-8-12-19(17-18)20(24(3,4)22)14-9-5-6-10-15-20/h18-19H,5-17H2,1-4H3. The van der Waals surface area contributed by atoms with E-state index < -0.39 is 14.8 Å². The number of rotatable bonds is 5. The van der Waals surface area contributed by atoms with Crippen molar-refractivity contribution >= 4 is 36.9 Å². The molecule has 0 aromatic carbocycles. The maximum absolute atomic E-state index is 7.25. The lowest BCUT2D eigenvalue weighted by molar-refractivity contribution is 0.248. The van der Waals surface area contributed by atoms with Gasteiger partial charge in [-0.2, -0.15) is 22.2 Å². The predicted octanol–water partition coefficient (Wildman–Crippen LogP) is 8.56. The molecule has 24 heavy (non-hydrogen) atoms. The van der Waals surface area contributed by atoms with Gasteiger partial charge in [-0.3, -0.25) is 0 Å². The van der Waals surface area contributed by atoms with Crippen LogP contribution in [0, 0.1) is 11.8 Å². The van der Waals surface area contributed by atoms with E-state index in [1.54, 1.807) is 0 Å². The molecule has 2 unspecified atom stereocenters. The van der Waals surface area contributed by atoms with Gasteiger partial charge in [0.2, 0.25) is 0 Å². The molecule has 2 atom stereocenters. The third-order valence-electron chi connectivity index (χ3n) is 7.14. The highest BCUT2D eigenvalue weighted by Crippen LogP contribution is 2.60. The van der Waals surface area contributed by atoms with Gasteiger partial charge in [-0.15, -0.1) is 0 Å². The first-order valence-corrected chi connectivity index (χ1v) is 18.7. The van der Waals surface area contributed by atoms with Gasteiger partial charge in [-0.05, 0) is 42.2 Å². The van der Waals surface area contributed by atoms with Crippen molar-refractivity contribution < 1.29 is 0 Å². The number of hydrogen-bond donors (Lipinski definition) is 0. The van der Waals surface area contributed by atoms with Gasteiger partial charge in [-0.1, -0.05) is 84.0 Å². The summed E-state index contributed by atoms with van der Waals surface area (Å²) in [6, 6.07) is 1.29. The quantitative estimate of drug-likeness (QED) is 0.243. The molecule has 2 fully saturated rings. The Morgan fingerprint density at radius 2 is 1.42 bits per heavy atom. The summed E-state index contributed by atoms with van der Waals surface area (Å²) >= 11 is 13.9. The highest BCUT2D eigenvalue weighted by atomic mass is 35.6. The molecular formula is C20H40Cl2Si2. The molecule has 142 valence electrons. The van der Waals surface area contributed by atoms with Crippen molar-refractivity contribution in [3.63, 3.8) is 0 Å². The maximum atomic E-state index is 7.25. The third-order valence-corrected chi connectivity index (χ3v) is 13.6. The summed E-state index contributed by atoms with van der Waals surface area (Å²) < 4.78 is 0. The van der Waals surface area contributed by atoms with Gasteiger partial charge < -0.3 is 0 Å². The Morgan fingerprint density at radius 1 is 0.833 bits per heavy atom. The molecule has 0 nitrogen and oxygen atoms in total. The van der Waals surface area contributed by atoms with E-state index in [1.807, 2.05) is 0 Å². The molecule has 2 rings (SSSR count). The van der Waals surface area contributed by atoms with E-state index in [4.69, 9.17) is 22.2 Å². The lowest BCUT2D eigenvalue weighted by Gasteiger charge is -2.48.